The topological polar surface area (TPSA) is 81.6 Å². The second kappa shape index (κ2) is 16.3. The van der Waals surface area contributed by atoms with Gasteiger partial charge in [0.2, 0.25) is 0 Å². The largest absolute Gasteiger partial charge is 0.390 e. The van der Waals surface area contributed by atoms with E-state index in [-0.39, 0.29) is 18.9 Å². The van der Waals surface area contributed by atoms with Crippen LogP contribution in [-0.4, -0.2) is 34.8 Å². The van der Waals surface area contributed by atoms with E-state index in [1.165, 1.54) is 17.7 Å². The molecule has 0 aliphatic carbocycles. The molecule has 0 heterocycles. The van der Waals surface area contributed by atoms with Crippen molar-refractivity contribution in [3.05, 3.63) is 106 Å². The molecule has 41 heavy (non-hydrogen) atoms. The number of amides is 1. The predicted octanol–water partition coefficient (Wildman–Crippen LogP) is 6.27. The molecule has 1 amide bonds. The summed E-state index contributed by atoms with van der Waals surface area (Å²) in [6, 6.07) is 17.4. The lowest BCUT2D eigenvalue weighted by molar-refractivity contribution is 0.0827. The molecule has 0 radical (unpaired) electrons. The van der Waals surface area contributed by atoms with Crippen molar-refractivity contribution >= 4 is 5.91 Å². The van der Waals surface area contributed by atoms with Gasteiger partial charge in [0.15, 0.2) is 0 Å². The molecule has 0 saturated carbocycles. The molecule has 0 spiro atoms. The van der Waals surface area contributed by atoms with Crippen LogP contribution in [0.1, 0.15) is 85.2 Å². The first-order valence-electron chi connectivity index (χ1n) is 14.7. The van der Waals surface area contributed by atoms with Crippen molar-refractivity contribution in [2.45, 2.75) is 84.1 Å². The molecule has 3 unspecified atom stereocenters. The van der Waals surface area contributed by atoms with Gasteiger partial charge >= 0.3 is 0 Å². The minimum absolute atomic E-state index is 0.0337. The summed E-state index contributed by atoms with van der Waals surface area (Å²) in [5, 5.41) is 28.3. The average molecular weight is 567 g/mol. The standard InChI is InChI=1S/C34H44F2N2O3/c1-4-9-26(10-5-2)33(40)27-13-8-14-28(19-27)34(41)38-31(18-25-16-29(35)20-30(36)17-25)32(39)22-37-21-24-12-7-11-23(6-3)15-24/h7-8,11-17,19-20,26,31-33,37,39-40H,4-6,9-10,18,21-22H2,1-3H3,(H,38,41). The second-order valence-electron chi connectivity index (χ2n) is 10.8. The first-order valence-corrected chi connectivity index (χ1v) is 14.7. The van der Waals surface area contributed by atoms with E-state index in [9.17, 15) is 23.8 Å². The van der Waals surface area contributed by atoms with Gasteiger partial charge in [-0.1, -0.05) is 70.0 Å². The number of carbonyl (C=O) groups excluding carboxylic acids is 1. The van der Waals surface area contributed by atoms with Crippen LogP contribution in [0, 0.1) is 17.6 Å². The van der Waals surface area contributed by atoms with E-state index in [1.54, 1.807) is 18.2 Å². The molecule has 0 bridgehead atoms. The van der Waals surface area contributed by atoms with Gasteiger partial charge in [-0.2, -0.15) is 0 Å². The van der Waals surface area contributed by atoms with Gasteiger partial charge in [0.1, 0.15) is 11.6 Å². The Hall–Kier alpha value is -3.13. The summed E-state index contributed by atoms with van der Waals surface area (Å²) in [6.45, 7) is 6.95. The van der Waals surface area contributed by atoms with Crippen molar-refractivity contribution in [1.29, 1.82) is 0 Å². The third-order valence-electron chi connectivity index (χ3n) is 7.50. The molecule has 0 aromatic heterocycles. The first kappa shape index (κ1) is 32.4. The van der Waals surface area contributed by atoms with Gasteiger partial charge in [-0.15, -0.1) is 0 Å². The molecule has 3 aromatic carbocycles. The molecular weight excluding hydrogens is 522 g/mol. The summed E-state index contributed by atoms with van der Waals surface area (Å²) in [5.74, 6) is -1.77. The molecule has 7 heteroatoms. The maximum Gasteiger partial charge on any atom is 0.251 e. The zero-order valence-corrected chi connectivity index (χ0v) is 24.4. The Morgan fingerprint density at radius 3 is 2.15 bits per heavy atom. The third kappa shape index (κ3) is 10.0. The number of hydrogen-bond donors (Lipinski definition) is 4. The van der Waals surface area contributed by atoms with Gasteiger partial charge in [0.05, 0.1) is 18.2 Å². The van der Waals surface area contributed by atoms with E-state index < -0.39 is 35.8 Å². The molecule has 0 aliphatic rings. The predicted molar refractivity (Wildman–Crippen MR) is 160 cm³/mol. The van der Waals surface area contributed by atoms with Gasteiger partial charge < -0.3 is 20.8 Å². The molecule has 5 nitrogen and oxygen atoms in total. The second-order valence-corrected chi connectivity index (χ2v) is 10.8. The van der Waals surface area contributed by atoms with Crippen LogP contribution in [0.3, 0.4) is 0 Å². The number of aliphatic hydroxyl groups is 2. The van der Waals surface area contributed by atoms with Crippen LogP contribution in [0.2, 0.25) is 0 Å². The Bertz CT molecular complexity index is 1230. The monoisotopic (exact) mass is 566 g/mol. The van der Waals surface area contributed by atoms with E-state index in [2.05, 4.69) is 43.5 Å². The number of aryl methyl sites for hydroxylation is 1. The summed E-state index contributed by atoms with van der Waals surface area (Å²) in [4.78, 5) is 13.4. The van der Waals surface area contributed by atoms with Crippen molar-refractivity contribution in [2.24, 2.45) is 5.92 Å². The first-order chi connectivity index (χ1) is 19.7. The van der Waals surface area contributed by atoms with Crippen molar-refractivity contribution in [3.8, 4) is 0 Å². The molecule has 3 rings (SSSR count). The fraction of sp³-hybridized carbons (Fsp3) is 0.441. The molecule has 0 fully saturated rings. The van der Waals surface area contributed by atoms with Gasteiger partial charge in [0, 0.05) is 24.7 Å². The molecule has 3 aromatic rings. The van der Waals surface area contributed by atoms with Gasteiger partial charge in [-0.25, -0.2) is 8.78 Å². The molecule has 4 N–H and O–H groups in total. The highest BCUT2D eigenvalue weighted by atomic mass is 19.1. The van der Waals surface area contributed by atoms with E-state index in [0.29, 0.717) is 23.2 Å². The Kier molecular flexibility index (Phi) is 12.9. The Morgan fingerprint density at radius 1 is 0.829 bits per heavy atom. The van der Waals surface area contributed by atoms with Crippen LogP contribution >= 0.6 is 0 Å². The zero-order chi connectivity index (χ0) is 29.8. The van der Waals surface area contributed by atoms with Crippen molar-refractivity contribution in [2.75, 3.05) is 6.54 Å². The zero-order valence-electron chi connectivity index (χ0n) is 24.4. The number of nitrogens with one attached hydrogen (secondary N) is 2. The maximum absolute atomic E-state index is 13.9. The minimum Gasteiger partial charge on any atom is -0.390 e. The molecule has 3 atom stereocenters. The quantitative estimate of drug-likeness (QED) is 0.165. The summed E-state index contributed by atoms with van der Waals surface area (Å²) in [7, 11) is 0. The maximum atomic E-state index is 13.9. The van der Waals surface area contributed by atoms with Crippen LogP contribution in [0.15, 0.2) is 66.7 Å². The number of carbonyl (C=O) groups is 1. The third-order valence-corrected chi connectivity index (χ3v) is 7.50. The average Bonchev–Trinajstić information content (AvgIpc) is 2.96. The summed E-state index contributed by atoms with van der Waals surface area (Å²) in [5.41, 5.74) is 3.63. The number of hydrogen-bond acceptors (Lipinski definition) is 4. The molecule has 0 aliphatic heterocycles. The lowest BCUT2D eigenvalue weighted by atomic mass is 9.88. The fourth-order valence-corrected chi connectivity index (χ4v) is 5.32. The summed E-state index contributed by atoms with van der Waals surface area (Å²) < 4.78 is 27.9. The highest BCUT2D eigenvalue weighted by Crippen LogP contribution is 2.30. The van der Waals surface area contributed by atoms with E-state index in [0.717, 1.165) is 43.7 Å². The fourth-order valence-electron chi connectivity index (χ4n) is 5.32. The molecular formula is C34H44F2N2O3. The van der Waals surface area contributed by atoms with Crippen LogP contribution in [0.4, 0.5) is 8.78 Å². The minimum atomic E-state index is -1.04. The number of rotatable bonds is 16. The van der Waals surface area contributed by atoms with Crippen LogP contribution < -0.4 is 10.6 Å². The van der Waals surface area contributed by atoms with Crippen LogP contribution in [-0.2, 0) is 19.4 Å². The summed E-state index contributed by atoms with van der Waals surface area (Å²) >= 11 is 0. The lowest BCUT2D eigenvalue weighted by Crippen LogP contribution is -2.48. The van der Waals surface area contributed by atoms with E-state index >= 15 is 0 Å². The highest BCUT2D eigenvalue weighted by molar-refractivity contribution is 5.94. The molecule has 0 saturated heterocycles. The van der Waals surface area contributed by atoms with Crippen LogP contribution in [0.25, 0.3) is 0 Å². The van der Waals surface area contributed by atoms with E-state index in [4.69, 9.17) is 0 Å². The Morgan fingerprint density at radius 2 is 1.49 bits per heavy atom. The number of benzene rings is 3. The molecule has 222 valence electrons. The lowest BCUT2D eigenvalue weighted by Gasteiger charge is -2.26. The van der Waals surface area contributed by atoms with Gasteiger partial charge in [-0.05, 0) is 78.1 Å². The normalized spacial score (nSPS) is 13.7. The van der Waals surface area contributed by atoms with E-state index in [1.807, 2.05) is 18.2 Å². The number of halogens is 2. The van der Waals surface area contributed by atoms with Gasteiger partial charge in [-0.3, -0.25) is 4.79 Å². The van der Waals surface area contributed by atoms with Gasteiger partial charge in [0.25, 0.3) is 5.91 Å². The highest BCUT2D eigenvalue weighted by Gasteiger charge is 2.25. The Labute approximate surface area is 243 Å². The van der Waals surface area contributed by atoms with Crippen molar-refractivity contribution < 1.29 is 23.8 Å². The summed E-state index contributed by atoms with van der Waals surface area (Å²) in [6.07, 6.45) is 2.93. The van der Waals surface area contributed by atoms with Crippen LogP contribution in [0.5, 0.6) is 0 Å². The number of aliphatic hydroxyl groups excluding tert-OH is 2. The Balaban J connectivity index is 1.76. The smallest absolute Gasteiger partial charge is 0.251 e. The SMILES string of the molecule is CCCC(CCC)C(O)c1cccc(C(=O)NC(Cc2cc(F)cc(F)c2)C(O)CNCc2cccc(CC)c2)c1. The van der Waals surface area contributed by atoms with Crippen molar-refractivity contribution in [3.63, 3.8) is 0 Å². The van der Waals surface area contributed by atoms with Crippen molar-refractivity contribution in [1.82, 2.24) is 10.6 Å².